The van der Waals surface area contributed by atoms with E-state index in [1.54, 1.807) is 0 Å². The normalized spacial score (nSPS) is 10.2. The first-order valence-electron chi connectivity index (χ1n) is 4.59. The Morgan fingerprint density at radius 2 is 2.06 bits per heavy atom. The standard InChI is InChI=1S/C10H14ClNO4/c1-14-8-5-7(13)9(11)6(3-4-16-12)10(8)15-2/h5,13H,3-4,12H2,1-2H3. The third-order valence-corrected chi connectivity index (χ3v) is 2.57. The SMILES string of the molecule is COc1cc(O)c(Cl)c(CCON)c1OC. The Balaban J connectivity index is 3.23. The minimum Gasteiger partial charge on any atom is -0.506 e. The molecule has 0 aliphatic rings. The number of hydrogen-bond acceptors (Lipinski definition) is 5. The number of halogens is 1. The Kier molecular flexibility index (Phi) is 4.67. The van der Waals surface area contributed by atoms with Gasteiger partial charge in [0.15, 0.2) is 11.5 Å². The minimum absolute atomic E-state index is 0.0636. The van der Waals surface area contributed by atoms with Crippen molar-refractivity contribution in [3.63, 3.8) is 0 Å². The highest BCUT2D eigenvalue weighted by atomic mass is 35.5. The molecule has 0 atom stereocenters. The van der Waals surface area contributed by atoms with Gasteiger partial charge in [0.05, 0.1) is 25.8 Å². The summed E-state index contributed by atoms with van der Waals surface area (Å²) in [6.07, 6.45) is 0.420. The average molecular weight is 248 g/mol. The number of nitrogens with two attached hydrogens (primary N) is 1. The van der Waals surface area contributed by atoms with Gasteiger partial charge in [-0.15, -0.1) is 0 Å². The molecule has 1 aromatic carbocycles. The molecule has 0 fully saturated rings. The number of methoxy groups -OCH3 is 2. The monoisotopic (exact) mass is 247 g/mol. The minimum atomic E-state index is -0.0636. The fourth-order valence-electron chi connectivity index (χ4n) is 1.42. The number of phenolic OH excluding ortho intramolecular Hbond substituents is 1. The van der Waals surface area contributed by atoms with Crippen LogP contribution in [0.4, 0.5) is 0 Å². The maximum Gasteiger partial charge on any atom is 0.165 e. The van der Waals surface area contributed by atoms with Gasteiger partial charge in [-0.3, -0.25) is 0 Å². The Bertz CT molecular complexity index is 370. The number of aromatic hydroxyl groups is 1. The van der Waals surface area contributed by atoms with Gasteiger partial charge in [0, 0.05) is 18.1 Å². The summed E-state index contributed by atoms with van der Waals surface area (Å²) in [6.45, 7) is 0.267. The zero-order valence-electron chi connectivity index (χ0n) is 9.12. The van der Waals surface area contributed by atoms with Crippen LogP contribution in [0.3, 0.4) is 0 Å². The Labute approximate surface area is 98.6 Å². The molecule has 0 aliphatic heterocycles. The predicted molar refractivity (Wildman–Crippen MR) is 60.1 cm³/mol. The summed E-state index contributed by atoms with van der Waals surface area (Å²) < 4.78 is 10.3. The summed E-state index contributed by atoms with van der Waals surface area (Å²) in [5.74, 6) is 5.77. The van der Waals surface area contributed by atoms with Gasteiger partial charge in [0.1, 0.15) is 5.75 Å². The molecule has 0 aliphatic carbocycles. The van der Waals surface area contributed by atoms with Crippen molar-refractivity contribution >= 4 is 11.6 Å². The van der Waals surface area contributed by atoms with Gasteiger partial charge in [0.2, 0.25) is 0 Å². The highest BCUT2D eigenvalue weighted by molar-refractivity contribution is 6.33. The van der Waals surface area contributed by atoms with E-state index in [1.807, 2.05) is 0 Å². The molecule has 0 amide bonds. The molecule has 5 nitrogen and oxygen atoms in total. The molecule has 6 heteroatoms. The molecule has 0 heterocycles. The fourth-order valence-corrected chi connectivity index (χ4v) is 1.65. The average Bonchev–Trinajstić information content (AvgIpc) is 2.30. The lowest BCUT2D eigenvalue weighted by Crippen LogP contribution is -2.06. The zero-order chi connectivity index (χ0) is 12.1. The summed E-state index contributed by atoms with van der Waals surface area (Å²) in [5, 5.41) is 9.81. The summed E-state index contributed by atoms with van der Waals surface area (Å²) in [7, 11) is 2.98. The van der Waals surface area contributed by atoms with Crippen molar-refractivity contribution in [3.05, 3.63) is 16.7 Å². The smallest absolute Gasteiger partial charge is 0.165 e. The summed E-state index contributed by atoms with van der Waals surface area (Å²) in [4.78, 5) is 4.48. The second-order valence-corrected chi connectivity index (χ2v) is 3.42. The van der Waals surface area contributed by atoms with Crippen LogP contribution in [0.15, 0.2) is 6.07 Å². The molecule has 0 aromatic heterocycles. The van der Waals surface area contributed by atoms with Gasteiger partial charge >= 0.3 is 0 Å². The third-order valence-electron chi connectivity index (χ3n) is 2.15. The van der Waals surface area contributed by atoms with E-state index in [1.165, 1.54) is 20.3 Å². The maximum absolute atomic E-state index is 9.59. The first-order valence-corrected chi connectivity index (χ1v) is 4.97. The number of benzene rings is 1. The van der Waals surface area contributed by atoms with Crippen LogP contribution in [0.2, 0.25) is 5.02 Å². The Hall–Kier alpha value is -1.17. The summed E-state index contributed by atoms with van der Waals surface area (Å²) in [6, 6.07) is 1.40. The van der Waals surface area contributed by atoms with Crippen LogP contribution >= 0.6 is 11.6 Å². The van der Waals surface area contributed by atoms with Gasteiger partial charge in [0.25, 0.3) is 0 Å². The van der Waals surface area contributed by atoms with Gasteiger partial charge < -0.3 is 19.4 Å². The highest BCUT2D eigenvalue weighted by Crippen LogP contribution is 2.41. The van der Waals surface area contributed by atoms with Crippen molar-refractivity contribution in [1.82, 2.24) is 0 Å². The first kappa shape index (κ1) is 12.9. The van der Waals surface area contributed by atoms with Crippen LogP contribution in [0.1, 0.15) is 5.56 Å². The van der Waals surface area contributed by atoms with Crippen molar-refractivity contribution in [3.8, 4) is 17.2 Å². The number of hydrogen-bond donors (Lipinski definition) is 2. The second-order valence-electron chi connectivity index (χ2n) is 3.04. The van der Waals surface area contributed by atoms with E-state index in [-0.39, 0.29) is 17.4 Å². The van der Waals surface area contributed by atoms with Gasteiger partial charge in [-0.1, -0.05) is 11.6 Å². The molecule has 0 saturated carbocycles. The van der Waals surface area contributed by atoms with Crippen LogP contribution in [0.5, 0.6) is 17.2 Å². The second kappa shape index (κ2) is 5.79. The van der Waals surface area contributed by atoms with Gasteiger partial charge in [-0.25, -0.2) is 5.90 Å². The van der Waals surface area contributed by atoms with Crippen LogP contribution in [-0.2, 0) is 11.3 Å². The van der Waals surface area contributed by atoms with Crippen LogP contribution in [0.25, 0.3) is 0 Å². The molecule has 90 valence electrons. The zero-order valence-corrected chi connectivity index (χ0v) is 9.87. The van der Waals surface area contributed by atoms with Crippen LogP contribution in [-0.4, -0.2) is 25.9 Å². The van der Waals surface area contributed by atoms with Crippen molar-refractivity contribution < 1.29 is 19.4 Å². The Morgan fingerprint density at radius 3 is 2.56 bits per heavy atom. The number of rotatable bonds is 5. The molecule has 0 unspecified atom stereocenters. The molecule has 1 rings (SSSR count). The van der Waals surface area contributed by atoms with E-state index < -0.39 is 0 Å². The van der Waals surface area contributed by atoms with Crippen LogP contribution in [0, 0.1) is 0 Å². The highest BCUT2D eigenvalue weighted by Gasteiger charge is 2.17. The van der Waals surface area contributed by atoms with Crippen molar-refractivity contribution in [2.45, 2.75) is 6.42 Å². The molecule has 0 radical (unpaired) electrons. The van der Waals surface area contributed by atoms with E-state index in [0.29, 0.717) is 23.5 Å². The number of phenols is 1. The molecular formula is C10H14ClNO4. The Morgan fingerprint density at radius 1 is 1.38 bits per heavy atom. The molecule has 1 aromatic rings. The molecule has 0 spiro atoms. The predicted octanol–water partition coefficient (Wildman–Crippen LogP) is 1.50. The lowest BCUT2D eigenvalue weighted by molar-refractivity contribution is 0.140. The number of ether oxygens (including phenoxy) is 2. The lowest BCUT2D eigenvalue weighted by atomic mass is 10.1. The lowest BCUT2D eigenvalue weighted by Gasteiger charge is -2.15. The third kappa shape index (κ3) is 2.49. The first-order chi connectivity index (χ1) is 7.65. The maximum atomic E-state index is 9.59. The van der Waals surface area contributed by atoms with E-state index >= 15 is 0 Å². The van der Waals surface area contributed by atoms with E-state index in [2.05, 4.69) is 4.84 Å². The topological polar surface area (TPSA) is 73.9 Å². The van der Waals surface area contributed by atoms with Crippen LogP contribution < -0.4 is 15.4 Å². The largest absolute Gasteiger partial charge is 0.506 e. The molecule has 0 saturated heterocycles. The van der Waals surface area contributed by atoms with Crippen molar-refractivity contribution in [2.75, 3.05) is 20.8 Å². The fraction of sp³-hybridized carbons (Fsp3) is 0.400. The summed E-state index contributed by atoms with van der Waals surface area (Å²) in [5.41, 5.74) is 0.603. The molecular weight excluding hydrogens is 234 g/mol. The molecule has 3 N–H and O–H groups in total. The van der Waals surface area contributed by atoms with E-state index in [9.17, 15) is 5.11 Å². The van der Waals surface area contributed by atoms with E-state index in [4.69, 9.17) is 27.0 Å². The van der Waals surface area contributed by atoms with E-state index in [0.717, 1.165) is 0 Å². The van der Waals surface area contributed by atoms with Crippen molar-refractivity contribution in [2.24, 2.45) is 5.90 Å². The molecule has 16 heavy (non-hydrogen) atoms. The molecule has 0 bridgehead atoms. The van der Waals surface area contributed by atoms with Gasteiger partial charge in [-0.05, 0) is 0 Å². The van der Waals surface area contributed by atoms with Gasteiger partial charge in [-0.2, -0.15) is 0 Å². The summed E-state index contributed by atoms with van der Waals surface area (Å²) >= 11 is 5.96. The van der Waals surface area contributed by atoms with Crippen molar-refractivity contribution in [1.29, 1.82) is 0 Å². The quantitative estimate of drug-likeness (QED) is 0.772.